The van der Waals surface area contributed by atoms with Crippen molar-refractivity contribution < 1.29 is 86.8 Å². The summed E-state index contributed by atoms with van der Waals surface area (Å²) in [6.45, 7) is 18.0. The highest BCUT2D eigenvalue weighted by atomic mass is 127. The van der Waals surface area contributed by atoms with Crippen LogP contribution in [-0.2, 0) is 38.0 Å². The van der Waals surface area contributed by atoms with Crippen LogP contribution in [0.3, 0.4) is 0 Å². The topological polar surface area (TPSA) is 163 Å². The number of fused-ring (bicyclic) bond motifs is 2. The van der Waals surface area contributed by atoms with Gasteiger partial charge in [-0.25, -0.2) is 0 Å². The molecular formula is C38H68INO12. The Morgan fingerprint density at radius 2 is 1.56 bits per heavy atom. The molecule has 0 saturated carbocycles. The second kappa shape index (κ2) is 16.8. The Labute approximate surface area is 328 Å². The normalized spacial score (nSPS) is 48.1. The van der Waals surface area contributed by atoms with Gasteiger partial charge in [-0.05, 0) is 60.5 Å². The van der Waals surface area contributed by atoms with Gasteiger partial charge in [-0.15, -0.1) is 0 Å². The van der Waals surface area contributed by atoms with Crippen molar-refractivity contribution in [2.45, 2.75) is 179 Å². The summed E-state index contributed by atoms with van der Waals surface area (Å²) in [7, 11) is 7.62. The molecular weight excluding hydrogens is 789 g/mol. The Hall–Kier alpha value is -0.660. The van der Waals surface area contributed by atoms with Gasteiger partial charge in [-0.1, -0.05) is 20.8 Å². The van der Waals surface area contributed by atoms with E-state index in [0.717, 1.165) is 5.57 Å². The third kappa shape index (κ3) is 8.98. The number of methoxy groups -OCH3 is 1. The number of likely N-dealkylation sites (N-methyl/N-ethyl adjacent to an activating group) is 1. The molecule has 4 N–H and O–H groups in total. The number of halogens is 1. The molecule has 14 heteroatoms. The fourth-order valence-electron chi connectivity index (χ4n) is 8.99. The highest BCUT2D eigenvalue weighted by molar-refractivity contribution is 5.73. The number of carbonyl (C=O) groups excluding carboxylic acids is 1. The van der Waals surface area contributed by atoms with Gasteiger partial charge in [0.05, 0.1) is 57.1 Å². The Bertz CT molecular complexity index is 1260. The van der Waals surface area contributed by atoms with Crippen LogP contribution >= 0.6 is 0 Å². The van der Waals surface area contributed by atoms with Crippen LogP contribution in [0.1, 0.15) is 94.9 Å². The predicted molar refractivity (Wildman–Crippen MR) is 188 cm³/mol. The van der Waals surface area contributed by atoms with Crippen LogP contribution in [0.5, 0.6) is 0 Å². The number of aliphatic hydroxyl groups is 4. The second-order valence-corrected chi connectivity index (χ2v) is 17.5. The molecule has 4 unspecified atom stereocenters. The van der Waals surface area contributed by atoms with Gasteiger partial charge in [0.25, 0.3) is 0 Å². The molecule has 13 nitrogen and oxygen atoms in total. The number of ether oxygens (including phenoxy) is 7. The van der Waals surface area contributed by atoms with Crippen molar-refractivity contribution in [1.29, 1.82) is 0 Å². The lowest BCUT2D eigenvalue weighted by Gasteiger charge is -2.49. The van der Waals surface area contributed by atoms with Gasteiger partial charge >= 0.3 is 5.97 Å². The molecule has 52 heavy (non-hydrogen) atoms. The van der Waals surface area contributed by atoms with Crippen LogP contribution < -0.4 is 24.0 Å². The zero-order valence-electron chi connectivity index (χ0n) is 33.8. The van der Waals surface area contributed by atoms with Crippen LogP contribution in [0.4, 0.5) is 0 Å². The van der Waals surface area contributed by atoms with Crippen LogP contribution in [0, 0.1) is 17.8 Å². The molecule has 0 amide bonds. The van der Waals surface area contributed by atoms with Crippen molar-refractivity contribution in [3.8, 4) is 0 Å². The number of nitrogens with zero attached hydrogens (tertiary/aromatic N) is 1. The summed E-state index contributed by atoms with van der Waals surface area (Å²) in [5.41, 5.74) is -3.00. The van der Waals surface area contributed by atoms with E-state index >= 15 is 0 Å². The zero-order valence-corrected chi connectivity index (χ0v) is 35.9. The second-order valence-electron chi connectivity index (χ2n) is 17.5. The van der Waals surface area contributed by atoms with E-state index in [1.807, 2.05) is 48.8 Å². The van der Waals surface area contributed by atoms with Crippen LogP contribution in [0.15, 0.2) is 11.3 Å². The van der Waals surface area contributed by atoms with Gasteiger partial charge in [0.2, 0.25) is 0 Å². The van der Waals surface area contributed by atoms with Gasteiger partial charge < -0.3 is 82.0 Å². The molecule has 0 spiro atoms. The minimum atomic E-state index is -1.82. The van der Waals surface area contributed by atoms with Crippen molar-refractivity contribution in [3.63, 3.8) is 0 Å². The van der Waals surface area contributed by atoms with Gasteiger partial charge in [-0.2, -0.15) is 0 Å². The molecule has 2 bridgehead atoms. The van der Waals surface area contributed by atoms with Crippen LogP contribution in [0.25, 0.3) is 0 Å². The molecule has 304 valence electrons. The number of quaternary nitrogens is 1. The summed E-state index contributed by atoms with van der Waals surface area (Å²) in [6, 6.07) is -0.184. The van der Waals surface area contributed by atoms with Crippen molar-refractivity contribution in [2.24, 2.45) is 17.8 Å². The smallest absolute Gasteiger partial charge is 0.311 e. The molecule has 4 rings (SSSR count). The van der Waals surface area contributed by atoms with E-state index in [-0.39, 0.29) is 49.0 Å². The first kappa shape index (κ1) is 45.7. The third-order valence-corrected chi connectivity index (χ3v) is 12.3. The lowest BCUT2D eigenvalue weighted by atomic mass is 9.78. The molecule has 4 aliphatic rings. The van der Waals surface area contributed by atoms with Crippen molar-refractivity contribution in [1.82, 2.24) is 0 Å². The fraction of sp³-hybridized carbons (Fsp3) is 0.921. The fourth-order valence-corrected chi connectivity index (χ4v) is 8.99. The summed E-state index contributed by atoms with van der Waals surface area (Å²) in [6.07, 6.45) is -7.34. The number of hydrogen-bond acceptors (Lipinski definition) is 12. The Kier molecular flexibility index (Phi) is 14.8. The van der Waals surface area contributed by atoms with E-state index in [0.29, 0.717) is 23.1 Å². The first-order valence-corrected chi connectivity index (χ1v) is 18.8. The summed E-state index contributed by atoms with van der Waals surface area (Å²) >= 11 is 0. The van der Waals surface area contributed by atoms with Gasteiger partial charge in [0, 0.05) is 38.2 Å². The first-order chi connectivity index (χ1) is 23.4. The monoisotopic (exact) mass is 857 g/mol. The van der Waals surface area contributed by atoms with E-state index in [4.69, 9.17) is 33.2 Å². The SMILES string of the molecule is CCC1OC(=O)C(C)C(O[C@H]2C[C@@](C)(OC)[C@@H](O)[C@@H](C)O2)C(C)[C@@H](O[C@@H]2O[C@H](C)C[C@@H]([N+](C)(C)C)[C@H]2O)[C@]2(C)CC(C)=C(O2)[C@H](C)[C@@H](O)[C@]1(C)O.[I-]. The third-order valence-electron chi connectivity index (χ3n) is 12.3. The standard InChI is InChI=1S/C38H68NO12.HI/c1-15-26-38(10,44)31(41)21(4)29-19(2)17-37(9,51-29)33(50-35-28(40)25(39(11,12)13)16-20(3)46-35)22(5)30(23(6)34(43)48-26)49-27-18-36(8,45-14)32(42)24(7)47-27;/h20-28,30-33,35,40-42,44H,15-18H2,1-14H3;1H/q+1;/p-1/t20-,21+,22?,23?,24-,25-,26?,27+,28-,30?,31-,32+,33-,35+,36-,37+,38-;/m1./s1. The number of cyclic esters (lactones) is 1. The molecule has 3 fully saturated rings. The highest BCUT2D eigenvalue weighted by Gasteiger charge is 2.56. The maximum atomic E-state index is 14.1. The van der Waals surface area contributed by atoms with E-state index in [9.17, 15) is 25.2 Å². The molecule has 0 aromatic rings. The zero-order chi connectivity index (χ0) is 38.6. The summed E-state index contributed by atoms with van der Waals surface area (Å²) in [4.78, 5) is 14.1. The number of rotatable bonds is 7. The van der Waals surface area contributed by atoms with Gasteiger partial charge in [0.15, 0.2) is 18.7 Å². The largest absolute Gasteiger partial charge is 1.00 e. The molecule has 4 heterocycles. The Morgan fingerprint density at radius 1 is 0.942 bits per heavy atom. The maximum Gasteiger partial charge on any atom is 0.311 e. The summed E-state index contributed by atoms with van der Waals surface area (Å²) in [5, 5.41) is 46.1. The highest BCUT2D eigenvalue weighted by Crippen LogP contribution is 2.47. The van der Waals surface area contributed by atoms with Crippen molar-refractivity contribution >= 4 is 5.97 Å². The maximum absolute atomic E-state index is 14.1. The molecule has 0 aromatic heterocycles. The van der Waals surface area contributed by atoms with Crippen LogP contribution in [-0.4, -0.2) is 143 Å². The van der Waals surface area contributed by atoms with Gasteiger partial charge in [-0.3, -0.25) is 4.79 Å². The minimum Gasteiger partial charge on any atom is -1.00 e. The van der Waals surface area contributed by atoms with Gasteiger partial charge in [0.1, 0.15) is 41.3 Å². The predicted octanol–water partition coefficient (Wildman–Crippen LogP) is 0.0409. The van der Waals surface area contributed by atoms with E-state index in [1.54, 1.807) is 34.6 Å². The summed E-state index contributed by atoms with van der Waals surface area (Å²) in [5.74, 6) is -2.31. The molecule has 0 aromatic carbocycles. The van der Waals surface area contributed by atoms with E-state index in [2.05, 4.69) is 0 Å². The molecule has 3 saturated heterocycles. The lowest BCUT2D eigenvalue weighted by Crippen LogP contribution is -3.00. The number of aliphatic hydroxyl groups excluding tert-OH is 3. The van der Waals surface area contributed by atoms with Crippen molar-refractivity contribution in [2.75, 3.05) is 28.3 Å². The average Bonchev–Trinajstić information content (AvgIpc) is 3.36. The number of carbonyl (C=O) groups is 1. The average molecular weight is 858 g/mol. The number of esters is 1. The molecule has 4 aliphatic heterocycles. The number of hydrogen-bond donors (Lipinski definition) is 4. The molecule has 0 radical (unpaired) electrons. The van der Waals surface area contributed by atoms with Crippen molar-refractivity contribution in [3.05, 3.63) is 11.3 Å². The van der Waals surface area contributed by atoms with Crippen LogP contribution in [0.2, 0.25) is 0 Å². The Morgan fingerprint density at radius 3 is 2.12 bits per heavy atom. The Balaban J connectivity index is 0.00000729. The first-order valence-electron chi connectivity index (χ1n) is 18.8. The quantitative estimate of drug-likeness (QED) is 0.155. The van der Waals surface area contributed by atoms with E-state index in [1.165, 1.54) is 14.0 Å². The lowest BCUT2D eigenvalue weighted by molar-refractivity contribution is -0.903. The molecule has 0 aliphatic carbocycles. The summed E-state index contributed by atoms with van der Waals surface area (Å²) < 4.78 is 45.3. The molecule has 17 atom stereocenters. The minimum absolute atomic E-state index is 0. The van der Waals surface area contributed by atoms with E-state index < -0.39 is 95.8 Å².